The van der Waals surface area contributed by atoms with Gasteiger partial charge in [-0.3, -0.25) is 4.79 Å². The van der Waals surface area contributed by atoms with Gasteiger partial charge in [-0.15, -0.1) is 0 Å². The molecule has 2 atom stereocenters. The van der Waals surface area contributed by atoms with Gasteiger partial charge in [0.2, 0.25) is 5.91 Å². The molecule has 0 aliphatic carbocycles. The van der Waals surface area contributed by atoms with E-state index >= 15 is 0 Å². The molecule has 4 heterocycles. The highest BCUT2D eigenvalue weighted by atomic mass is 19.2. The van der Waals surface area contributed by atoms with E-state index in [9.17, 15) is 18.0 Å². The van der Waals surface area contributed by atoms with Crippen molar-refractivity contribution >= 4 is 17.5 Å². The number of nitrogens with zero attached hydrogens (tertiary/aromatic N) is 4. The van der Waals surface area contributed by atoms with E-state index in [4.69, 9.17) is 9.72 Å². The van der Waals surface area contributed by atoms with Crippen LogP contribution in [0.2, 0.25) is 0 Å². The zero-order valence-electron chi connectivity index (χ0n) is 17.4. The van der Waals surface area contributed by atoms with Crippen LogP contribution >= 0.6 is 0 Å². The lowest BCUT2D eigenvalue weighted by atomic mass is 9.94. The van der Waals surface area contributed by atoms with E-state index in [0.29, 0.717) is 37.8 Å². The molecule has 7 nitrogen and oxygen atoms in total. The summed E-state index contributed by atoms with van der Waals surface area (Å²) in [6.07, 6.45) is 2.44. The van der Waals surface area contributed by atoms with Gasteiger partial charge in [-0.1, -0.05) is 0 Å². The maximum absolute atomic E-state index is 14.5. The Hall–Kier alpha value is -2.75. The van der Waals surface area contributed by atoms with Crippen molar-refractivity contribution in [1.29, 1.82) is 0 Å². The number of ether oxygens (including phenoxy) is 1. The van der Waals surface area contributed by atoms with Gasteiger partial charge >= 0.3 is 0 Å². The molecule has 0 spiro atoms. The molecule has 1 N–H and O–H groups in total. The summed E-state index contributed by atoms with van der Waals surface area (Å²) in [5, 5.41) is 2.69. The van der Waals surface area contributed by atoms with E-state index in [1.165, 1.54) is 6.92 Å². The molecule has 4 rings (SSSR count). The van der Waals surface area contributed by atoms with Crippen LogP contribution in [0.15, 0.2) is 6.07 Å². The van der Waals surface area contributed by atoms with Crippen molar-refractivity contribution in [2.45, 2.75) is 44.9 Å². The zero-order valence-corrected chi connectivity index (χ0v) is 17.4. The molecule has 2 aliphatic heterocycles. The first kappa shape index (κ1) is 21.5. The average Bonchev–Trinajstić information content (AvgIpc) is 3.31. The second-order valence-electron chi connectivity index (χ2n) is 8.03. The van der Waals surface area contributed by atoms with Gasteiger partial charge in [0.1, 0.15) is 11.6 Å². The summed E-state index contributed by atoms with van der Waals surface area (Å²) < 4.78 is 47.3. The second kappa shape index (κ2) is 8.78. The van der Waals surface area contributed by atoms with Crippen molar-refractivity contribution in [2.75, 3.05) is 31.6 Å². The third-order valence-corrected chi connectivity index (χ3v) is 5.85. The molecule has 1 amide bonds. The van der Waals surface area contributed by atoms with Crippen LogP contribution in [0.1, 0.15) is 55.1 Å². The predicted molar refractivity (Wildman–Crippen MR) is 107 cm³/mol. The number of pyridine rings is 1. The predicted octanol–water partition coefficient (Wildman–Crippen LogP) is 3.57. The number of nitrogens with one attached hydrogen (secondary N) is 1. The summed E-state index contributed by atoms with van der Waals surface area (Å²) in [6.45, 7) is 4.99. The van der Waals surface area contributed by atoms with Crippen LogP contribution in [0.5, 0.6) is 0 Å². The van der Waals surface area contributed by atoms with Crippen molar-refractivity contribution in [3.05, 3.63) is 40.7 Å². The van der Waals surface area contributed by atoms with Crippen LogP contribution in [0.25, 0.3) is 0 Å². The third-order valence-electron chi connectivity index (χ3n) is 5.85. The first-order valence-electron chi connectivity index (χ1n) is 10.3. The lowest BCUT2D eigenvalue weighted by Gasteiger charge is -2.32. The summed E-state index contributed by atoms with van der Waals surface area (Å²) in [4.78, 5) is 26.2. The molecular formula is C21H24F3N5O2. The summed E-state index contributed by atoms with van der Waals surface area (Å²) in [6, 6.07) is 1.66. The van der Waals surface area contributed by atoms with Crippen molar-refractivity contribution in [3.63, 3.8) is 0 Å². The van der Waals surface area contributed by atoms with Gasteiger partial charge in [-0.25, -0.2) is 18.7 Å². The Labute approximate surface area is 178 Å². The molecule has 2 aliphatic rings. The van der Waals surface area contributed by atoms with Gasteiger partial charge in [0.05, 0.1) is 12.3 Å². The average molecular weight is 435 g/mol. The molecule has 2 aromatic rings. The van der Waals surface area contributed by atoms with Gasteiger partial charge in [0.15, 0.2) is 17.5 Å². The van der Waals surface area contributed by atoms with E-state index in [1.807, 2.05) is 0 Å². The number of aromatic nitrogens is 3. The second-order valence-corrected chi connectivity index (χ2v) is 8.03. The number of carbonyl (C=O) groups is 1. The molecular weight excluding hydrogens is 411 g/mol. The highest BCUT2D eigenvalue weighted by molar-refractivity contribution is 5.73. The van der Waals surface area contributed by atoms with Crippen LogP contribution in [0, 0.1) is 24.5 Å². The SMILES string of the molecule is CC(=O)N1CCCC(c2cc(Nc3nc(F)c(F)c(C)c3F)nc(C3CCOC3)n2)C1. The number of hydrogen-bond acceptors (Lipinski definition) is 6. The minimum absolute atomic E-state index is 0.00468. The Morgan fingerprint density at radius 1 is 1.16 bits per heavy atom. The first-order valence-corrected chi connectivity index (χ1v) is 10.3. The number of halogens is 3. The maximum Gasteiger partial charge on any atom is 0.251 e. The number of anilines is 2. The lowest BCUT2D eigenvalue weighted by molar-refractivity contribution is -0.130. The summed E-state index contributed by atoms with van der Waals surface area (Å²) in [5.74, 6) is -3.37. The molecule has 2 saturated heterocycles. The Bertz CT molecular complexity index is 997. The van der Waals surface area contributed by atoms with Crippen LogP contribution in [0.3, 0.4) is 0 Å². The largest absolute Gasteiger partial charge is 0.381 e. The van der Waals surface area contributed by atoms with Gasteiger partial charge < -0.3 is 15.0 Å². The van der Waals surface area contributed by atoms with E-state index in [0.717, 1.165) is 26.2 Å². The summed E-state index contributed by atoms with van der Waals surface area (Å²) >= 11 is 0. The Balaban J connectivity index is 1.70. The van der Waals surface area contributed by atoms with Gasteiger partial charge in [-0.05, 0) is 26.2 Å². The third kappa shape index (κ3) is 4.48. The molecule has 31 heavy (non-hydrogen) atoms. The number of carbonyl (C=O) groups excluding carboxylic acids is 1. The van der Waals surface area contributed by atoms with Crippen LogP contribution < -0.4 is 5.32 Å². The molecule has 2 aromatic heterocycles. The monoisotopic (exact) mass is 435 g/mol. The van der Waals surface area contributed by atoms with Crippen molar-refractivity contribution in [2.24, 2.45) is 0 Å². The van der Waals surface area contributed by atoms with E-state index in [1.54, 1.807) is 11.0 Å². The standard InChI is InChI=1S/C21H24F3N5O2/c1-11-17(22)19(24)28-21(18(11)23)27-16-8-15(13-4-3-6-29(9-13)12(2)30)25-20(26-16)14-5-7-31-10-14/h8,13-14H,3-7,9-10H2,1-2H3,(H,25,26,27,28). The highest BCUT2D eigenvalue weighted by Gasteiger charge is 2.28. The lowest BCUT2D eigenvalue weighted by Crippen LogP contribution is -2.38. The van der Waals surface area contributed by atoms with E-state index in [2.05, 4.69) is 15.3 Å². The normalized spacial score (nSPS) is 21.4. The smallest absolute Gasteiger partial charge is 0.251 e. The highest BCUT2D eigenvalue weighted by Crippen LogP contribution is 2.31. The molecule has 2 unspecified atom stereocenters. The number of likely N-dealkylation sites (tertiary alicyclic amines) is 1. The van der Waals surface area contributed by atoms with Gasteiger partial charge in [0.25, 0.3) is 5.95 Å². The quantitative estimate of drug-likeness (QED) is 0.740. The summed E-state index contributed by atoms with van der Waals surface area (Å²) in [7, 11) is 0. The minimum Gasteiger partial charge on any atom is -0.381 e. The van der Waals surface area contributed by atoms with Crippen LogP contribution in [-0.4, -0.2) is 52.1 Å². The minimum atomic E-state index is -1.38. The fourth-order valence-corrected chi connectivity index (χ4v) is 4.01. The van der Waals surface area contributed by atoms with Crippen molar-refractivity contribution < 1.29 is 22.7 Å². The number of rotatable bonds is 4. The number of piperidine rings is 1. The van der Waals surface area contributed by atoms with Gasteiger partial charge in [-0.2, -0.15) is 9.37 Å². The molecule has 0 bridgehead atoms. The van der Waals surface area contributed by atoms with E-state index in [-0.39, 0.29) is 23.6 Å². The molecule has 2 fully saturated rings. The Kier molecular flexibility index (Phi) is 6.08. The van der Waals surface area contributed by atoms with Crippen molar-refractivity contribution in [1.82, 2.24) is 19.9 Å². The molecule has 0 aromatic carbocycles. The molecule has 10 heteroatoms. The fraction of sp³-hybridized carbons (Fsp3) is 0.524. The van der Waals surface area contributed by atoms with Gasteiger partial charge in [0, 0.05) is 50.1 Å². The zero-order chi connectivity index (χ0) is 22.1. The topological polar surface area (TPSA) is 80.2 Å². The summed E-state index contributed by atoms with van der Waals surface area (Å²) in [5.41, 5.74) is 0.253. The number of amides is 1. The first-order chi connectivity index (χ1) is 14.8. The van der Waals surface area contributed by atoms with E-state index < -0.39 is 29.0 Å². The Morgan fingerprint density at radius 3 is 2.68 bits per heavy atom. The Morgan fingerprint density at radius 2 is 1.97 bits per heavy atom. The fourth-order valence-electron chi connectivity index (χ4n) is 4.01. The molecule has 0 saturated carbocycles. The number of hydrogen-bond donors (Lipinski definition) is 1. The molecule has 166 valence electrons. The van der Waals surface area contributed by atoms with Crippen LogP contribution in [-0.2, 0) is 9.53 Å². The van der Waals surface area contributed by atoms with Crippen molar-refractivity contribution in [3.8, 4) is 0 Å². The van der Waals surface area contributed by atoms with Crippen LogP contribution in [0.4, 0.5) is 24.8 Å². The maximum atomic E-state index is 14.5. The molecule has 0 radical (unpaired) electrons.